The number of rotatable bonds is 2. The van der Waals surface area contributed by atoms with Crippen LogP contribution < -0.4 is 10.2 Å². The van der Waals surface area contributed by atoms with Crippen molar-refractivity contribution in [1.29, 1.82) is 0 Å². The van der Waals surface area contributed by atoms with Crippen molar-refractivity contribution in [1.82, 2.24) is 15.3 Å². The maximum absolute atomic E-state index is 11.6. The van der Waals surface area contributed by atoms with Gasteiger partial charge in [-0.15, -0.1) is 0 Å². The van der Waals surface area contributed by atoms with Crippen LogP contribution in [0, 0.1) is 0 Å². The summed E-state index contributed by atoms with van der Waals surface area (Å²) in [6.07, 6.45) is 1.10. The molecule has 0 aromatic carbocycles. The molecule has 0 radical (unpaired) electrons. The van der Waals surface area contributed by atoms with E-state index in [-0.39, 0.29) is 16.9 Å². The summed E-state index contributed by atoms with van der Waals surface area (Å²) in [6.45, 7) is 6.95. The summed E-state index contributed by atoms with van der Waals surface area (Å²) in [5.74, 6) is 0.746. The van der Waals surface area contributed by atoms with E-state index in [1.54, 1.807) is 12.3 Å². The summed E-state index contributed by atoms with van der Waals surface area (Å²) in [6, 6.07) is 1.78. The molecule has 104 valence electrons. The molecule has 0 aliphatic carbocycles. The van der Waals surface area contributed by atoms with Crippen LogP contribution in [0.15, 0.2) is 12.3 Å². The van der Waals surface area contributed by atoms with Gasteiger partial charge in [0.25, 0.3) is 0 Å². The number of aromatic nitrogens is 2. The lowest BCUT2D eigenvalue weighted by molar-refractivity contribution is 0.0753. The second-order valence-corrected chi connectivity index (χ2v) is 5.83. The highest BCUT2D eigenvalue weighted by molar-refractivity contribution is 6.28. The molecule has 1 aliphatic heterocycles. The van der Waals surface area contributed by atoms with Crippen molar-refractivity contribution in [2.45, 2.75) is 32.4 Å². The quantitative estimate of drug-likeness (QED) is 0.840. The summed E-state index contributed by atoms with van der Waals surface area (Å²) in [4.78, 5) is 21.4. The molecule has 0 saturated carbocycles. The maximum Gasteiger partial charge on any atom is 0.407 e. The van der Waals surface area contributed by atoms with Gasteiger partial charge in [0.2, 0.25) is 5.28 Å². The predicted octanol–water partition coefficient (Wildman–Crippen LogP) is 1.84. The molecule has 1 N–H and O–H groups in total. The van der Waals surface area contributed by atoms with Crippen LogP contribution >= 0.6 is 11.6 Å². The Labute approximate surface area is 117 Å². The number of hydrogen-bond donors (Lipinski definition) is 1. The summed E-state index contributed by atoms with van der Waals surface area (Å²) in [5.41, 5.74) is -0.291. The molecule has 1 aromatic heterocycles. The van der Waals surface area contributed by atoms with Crippen LogP contribution in [0.5, 0.6) is 0 Å². The lowest BCUT2D eigenvalue weighted by Gasteiger charge is -2.39. The highest BCUT2D eigenvalue weighted by atomic mass is 35.5. The van der Waals surface area contributed by atoms with Crippen LogP contribution in [-0.4, -0.2) is 40.8 Å². The first kappa shape index (κ1) is 13.9. The molecule has 7 heteroatoms. The molecule has 0 atom stereocenters. The highest BCUT2D eigenvalue weighted by Crippen LogP contribution is 2.21. The molecule has 6 nitrogen and oxygen atoms in total. The summed E-state index contributed by atoms with van der Waals surface area (Å²) in [5, 5.41) is 2.97. The number of alkyl carbamates (subject to hydrolysis) is 1. The van der Waals surface area contributed by atoms with Crippen LogP contribution in [0.2, 0.25) is 5.28 Å². The lowest BCUT2D eigenvalue weighted by Crippen LogP contribution is -2.55. The predicted molar refractivity (Wildman–Crippen MR) is 72.4 cm³/mol. The van der Waals surface area contributed by atoms with Crippen LogP contribution in [-0.2, 0) is 4.74 Å². The lowest BCUT2D eigenvalue weighted by atomic mass is 10.1. The minimum absolute atomic E-state index is 0.115. The zero-order valence-corrected chi connectivity index (χ0v) is 11.9. The average molecular weight is 285 g/mol. The number of carbonyl (C=O) groups excluding carboxylic acids is 1. The third-order valence-electron chi connectivity index (χ3n) is 2.53. The largest absolute Gasteiger partial charge is 0.442 e. The van der Waals surface area contributed by atoms with E-state index >= 15 is 0 Å². The number of nitrogens with zero attached hydrogens (tertiary/aromatic N) is 3. The SMILES string of the molecule is CC(C)(C)NC(=O)OC1CN(c2ccnc(Cl)n2)C1. The third-order valence-corrected chi connectivity index (χ3v) is 2.72. The fourth-order valence-corrected chi connectivity index (χ4v) is 1.83. The molecule has 1 amide bonds. The first-order valence-corrected chi connectivity index (χ1v) is 6.43. The number of hydrogen-bond acceptors (Lipinski definition) is 5. The molecular weight excluding hydrogens is 268 g/mol. The van der Waals surface area contributed by atoms with Crippen molar-refractivity contribution in [3.05, 3.63) is 17.5 Å². The van der Waals surface area contributed by atoms with Crippen molar-refractivity contribution in [3.63, 3.8) is 0 Å². The topological polar surface area (TPSA) is 67.3 Å². The van der Waals surface area contributed by atoms with Crippen molar-refractivity contribution in [3.8, 4) is 0 Å². The van der Waals surface area contributed by atoms with Crippen molar-refractivity contribution in [2.75, 3.05) is 18.0 Å². The molecule has 2 rings (SSSR count). The number of halogens is 1. The van der Waals surface area contributed by atoms with Gasteiger partial charge in [-0.1, -0.05) is 0 Å². The maximum atomic E-state index is 11.6. The first-order chi connectivity index (χ1) is 8.83. The Morgan fingerprint density at radius 1 is 1.53 bits per heavy atom. The molecule has 1 aromatic rings. The highest BCUT2D eigenvalue weighted by Gasteiger charge is 2.31. The Bertz CT molecular complexity index is 469. The van der Waals surface area contributed by atoms with Gasteiger partial charge in [-0.25, -0.2) is 14.8 Å². The molecule has 1 aliphatic rings. The molecule has 2 heterocycles. The Kier molecular flexibility index (Phi) is 3.80. The molecule has 1 saturated heterocycles. The minimum Gasteiger partial charge on any atom is -0.442 e. The number of nitrogens with one attached hydrogen (secondary N) is 1. The Morgan fingerprint density at radius 3 is 2.79 bits per heavy atom. The van der Waals surface area contributed by atoms with Crippen LogP contribution in [0.3, 0.4) is 0 Å². The number of ether oxygens (including phenoxy) is 1. The van der Waals surface area contributed by atoms with E-state index in [1.807, 2.05) is 25.7 Å². The van der Waals surface area contributed by atoms with Gasteiger partial charge in [-0.2, -0.15) is 0 Å². The minimum atomic E-state index is -0.391. The van der Waals surface area contributed by atoms with Gasteiger partial charge in [0.15, 0.2) is 0 Å². The van der Waals surface area contributed by atoms with Crippen LogP contribution in [0.4, 0.5) is 10.6 Å². The molecule has 0 unspecified atom stereocenters. The van der Waals surface area contributed by atoms with Crippen molar-refractivity contribution >= 4 is 23.5 Å². The summed E-state index contributed by atoms with van der Waals surface area (Å²) in [7, 11) is 0. The van der Waals surface area contributed by atoms with Gasteiger partial charge in [-0.3, -0.25) is 0 Å². The smallest absolute Gasteiger partial charge is 0.407 e. The second kappa shape index (κ2) is 5.21. The fraction of sp³-hybridized carbons (Fsp3) is 0.583. The zero-order chi connectivity index (χ0) is 14.0. The molecule has 19 heavy (non-hydrogen) atoms. The van der Waals surface area contributed by atoms with E-state index < -0.39 is 6.09 Å². The monoisotopic (exact) mass is 284 g/mol. The van der Waals surface area contributed by atoms with Gasteiger partial charge in [0, 0.05) is 11.7 Å². The normalized spacial score (nSPS) is 15.9. The van der Waals surface area contributed by atoms with Crippen LogP contribution in [0.1, 0.15) is 20.8 Å². The van der Waals surface area contributed by atoms with Gasteiger partial charge < -0.3 is 15.0 Å². The Balaban J connectivity index is 1.79. The molecule has 0 spiro atoms. The van der Waals surface area contributed by atoms with Crippen molar-refractivity contribution < 1.29 is 9.53 Å². The summed E-state index contributed by atoms with van der Waals surface area (Å²) >= 11 is 5.72. The molecule has 1 fully saturated rings. The Hall–Kier alpha value is -1.56. The Morgan fingerprint density at radius 2 is 2.21 bits per heavy atom. The third kappa shape index (κ3) is 3.96. The zero-order valence-electron chi connectivity index (χ0n) is 11.2. The number of anilines is 1. The molecular formula is C12H17ClN4O2. The van der Waals surface area contributed by atoms with E-state index in [1.165, 1.54) is 0 Å². The van der Waals surface area contributed by atoms with E-state index in [9.17, 15) is 4.79 Å². The van der Waals surface area contributed by atoms with E-state index in [0.29, 0.717) is 13.1 Å². The first-order valence-electron chi connectivity index (χ1n) is 6.06. The second-order valence-electron chi connectivity index (χ2n) is 5.49. The van der Waals surface area contributed by atoms with Gasteiger partial charge >= 0.3 is 6.09 Å². The molecule has 0 bridgehead atoms. The van der Waals surface area contributed by atoms with E-state index in [4.69, 9.17) is 16.3 Å². The fourth-order valence-electron chi connectivity index (χ4n) is 1.69. The summed E-state index contributed by atoms with van der Waals surface area (Å²) < 4.78 is 5.28. The van der Waals surface area contributed by atoms with Gasteiger partial charge in [-0.05, 0) is 38.4 Å². The number of carbonyl (C=O) groups is 1. The van der Waals surface area contributed by atoms with Gasteiger partial charge in [0.1, 0.15) is 11.9 Å². The average Bonchev–Trinajstić information content (AvgIpc) is 2.20. The standard InChI is InChI=1S/C12H17ClN4O2/c1-12(2,3)16-11(18)19-8-6-17(7-8)9-4-5-14-10(13)15-9/h4-5,8H,6-7H2,1-3H3,(H,16,18). The van der Waals surface area contributed by atoms with Crippen LogP contribution in [0.25, 0.3) is 0 Å². The van der Waals surface area contributed by atoms with Gasteiger partial charge in [0.05, 0.1) is 13.1 Å². The van der Waals surface area contributed by atoms with Crippen molar-refractivity contribution in [2.24, 2.45) is 0 Å². The number of amides is 1. The van der Waals surface area contributed by atoms with E-state index in [2.05, 4.69) is 15.3 Å². The van der Waals surface area contributed by atoms with E-state index in [0.717, 1.165) is 5.82 Å².